The molecule has 0 radical (unpaired) electrons. The monoisotopic (exact) mass is 335 g/mol. The summed E-state index contributed by atoms with van der Waals surface area (Å²) < 4.78 is 5.26. The first-order chi connectivity index (χ1) is 11.7. The molecule has 134 valence electrons. The fraction of sp³-hybridized carbons (Fsp3) is 0.722. The Morgan fingerprint density at radius 2 is 2.08 bits per heavy atom. The van der Waals surface area contributed by atoms with E-state index in [2.05, 4.69) is 16.8 Å². The zero-order chi connectivity index (χ0) is 16.9. The summed E-state index contributed by atoms with van der Waals surface area (Å²) in [5.41, 5.74) is 0. The van der Waals surface area contributed by atoms with Gasteiger partial charge in [-0.3, -0.25) is 4.79 Å². The van der Waals surface area contributed by atoms with Crippen molar-refractivity contribution in [1.82, 2.24) is 14.7 Å². The average Bonchev–Trinajstić information content (AvgIpc) is 3.05. The SMILES string of the molecule is CN1CCCN(C[C@H]2C[C@H](CO)CN(C(=O)c3ccco3)C2)CC1. The molecule has 24 heavy (non-hydrogen) atoms. The molecule has 0 unspecified atom stereocenters. The largest absolute Gasteiger partial charge is 0.459 e. The molecule has 0 bridgehead atoms. The highest BCUT2D eigenvalue weighted by Gasteiger charge is 2.32. The van der Waals surface area contributed by atoms with Gasteiger partial charge in [-0.25, -0.2) is 0 Å². The van der Waals surface area contributed by atoms with Gasteiger partial charge in [0.1, 0.15) is 0 Å². The van der Waals surface area contributed by atoms with Crippen molar-refractivity contribution in [2.45, 2.75) is 12.8 Å². The number of carbonyl (C=O) groups excluding carboxylic acids is 1. The summed E-state index contributed by atoms with van der Waals surface area (Å²) in [5, 5.41) is 9.64. The number of aliphatic hydroxyl groups excluding tert-OH is 1. The van der Waals surface area contributed by atoms with Crippen molar-refractivity contribution < 1.29 is 14.3 Å². The predicted molar refractivity (Wildman–Crippen MR) is 91.8 cm³/mol. The maximum Gasteiger partial charge on any atom is 0.289 e. The number of likely N-dealkylation sites (N-methyl/N-ethyl adjacent to an activating group) is 1. The Bertz CT molecular complexity index is 520. The number of carbonyl (C=O) groups is 1. The molecule has 2 aliphatic heterocycles. The molecule has 1 N–H and O–H groups in total. The molecule has 6 heteroatoms. The molecule has 6 nitrogen and oxygen atoms in total. The van der Waals surface area contributed by atoms with E-state index in [4.69, 9.17) is 4.42 Å². The molecule has 1 aromatic rings. The van der Waals surface area contributed by atoms with Gasteiger partial charge in [-0.05, 0) is 56.9 Å². The molecule has 0 spiro atoms. The second-order valence-corrected chi connectivity index (χ2v) is 7.30. The zero-order valence-corrected chi connectivity index (χ0v) is 14.6. The number of furan rings is 1. The van der Waals surface area contributed by atoms with E-state index >= 15 is 0 Å². The van der Waals surface area contributed by atoms with Crippen LogP contribution in [0.5, 0.6) is 0 Å². The van der Waals surface area contributed by atoms with Crippen molar-refractivity contribution in [3.8, 4) is 0 Å². The van der Waals surface area contributed by atoms with Crippen molar-refractivity contribution in [1.29, 1.82) is 0 Å². The van der Waals surface area contributed by atoms with Crippen LogP contribution >= 0.6 is 0 Å². The van der Waals surface area contributed by atoms with Gasteiger partial charge in [0.05, 0.1) is 6.26 Å². The second kappa shape index (κ2) is 8.14. The van der Waals surface area contributed by atoms with Gasteiger partial charge in [0.25, 0.3) is 5.91 Å². The molecule has 0 aromatic carbocycles. The van der Waals surface area contributed by atoms with Crippen LogP contribution in [0.4, 0.5) is 0 Å². The highest BCUT2D eigenvalue weighted by molar-refractivity contribution is 5.91. The third-order valence-electron chi connectivity index (χ3n) is 5.23. The third-order valence-corrected chi connectivity index (χ3v) is 5.23. The van der Waals surface area contributed by atoms with E-state index in [0.29, 0.717) is 18.2 Å². The highest BCUT2D eigenvalue weighted by atomic mass is 16.3. The summed E-state index contributed by atoms with van der Waals surface area (Å²) in [6, 6.07) is 3.45. The van der Waals surface area contributed by atoms with E-state index in [9.17, 15) is 9.90 Å². The summed E-state index contributed by atoms with van der Waals surface area (Å²) >= 11 is 0. The molecule has 2 fully saturated rings. The van der Waals surface area contributed by atoms with Crippen LogP contribution in [0.1, 0.15) is 23.4 Å². The molecule has 1 aromatic heterocycles. The number of hydrogen-bond acceptors (Lipinski definition) is 5. The van der Waals surface area contributed by atoms with Crippen LogP contribution in [0.3, 0.4) is 0 Å². The van der Waals surface area contributed by atoms with Crippen molar-refractivity contribution in [2.75, 3.05) is 59.5 Å². The van der Waals surface area contributed by atoms with E-state index in [0.717, 1.165) is 45.7 Å². The lowest BCUT2D eigenvalue weighted by Gasteiger charge is -2.38. The van der Waals surface area contributed by atoms with Crippen LogP contribution in [0, 0.1) is 11.8 Å². The van der Waals surface area contributed by atoms with Gasteiger partial charge in [0, 0.05) is 39.3 Å². The first kappa shape index (κ1) is 17.5. The quantitative estimate of drug-likeness (QED) is 0.889. The lowest BCUT2D eigenvalue weighted by molar-refractivity contribution is 0.0428. The first-order valence-corrected chi connectivity index (χ1v) is 9.00. The topological polar surface area (TPSA) is 60.2 Å². The zero-order valence-electron chi connectivity index (χ0n) is 14.6. The van der Waals surface area contributed by atoms with E-state index in [-0.39, 0.29) is 18.4 Å². The second-order valence-electron chi connectivity index (χ2n) is 7.30. The summed E-state index contributed by atoms with van der Waals surface area (Å²) in [7, 11) is 2.18. The van der Waals surface area contributed by atoms with E-state index in [1.165, 1.54) is 12.7 Å². The van der Waals surface area contributed by atoms with Gasteiger partial charge in [-0.2, -0.15) is 0 Å². The Hall–Kier alpha value is -1.37. The number of hydrogen-bond donors (Lipinski definition) is 1. The Labute approximate surface area is 144 Å². The highest BCUT2D eigenvalue weighted by Crippen LogP contribution is 2.24. The number of amides is 1. The number of rotatable bonds is 4. The van der Waals surface area contributed by atoms with E-state index in [1.54, 1.807) is 12.1 Å². The molecular weight excluding hydrogens is 306 g/mol. The standard InChI is InChI=1S/C18H29N3O3/c1-19-5-3-6-20(8-7-19)11-15-10-16(14-22)13-21(12-15)18(23)17-4-2-9-24-17/h2,4,9,15-16,22H,3,5-8,10-14H2,1H3/t15-,16+/m1/s1. The molecule has 3 rings (SSSR count). The maximum atomic E-state index is 12.6. The maximum absolute atomic E-state index is 12.6. The van der Waals surface area contributed by atoms with E-state index in [1.807, 2.05) is 4.90 Å². The molecule has 2 aliphatic rings. The third kappa shape index (κ3) is 4.37. The van der Waals surface area contributed by atoms with Crippen molar-refractivity contribution in [2.24, 2.45) is 11.8 Å². The number of aliphatic hydroxyl groups is 1. The summed E-state index contributed by atoms with van der Waals surface area (Å²) in [4.78, 5) is 19.3. The molecule has 2 saturated heterocycles. The number of nitrogens with zero attached hydrogens (tertiary/aromatic N) is 3. The first-order valence-electron chi connectivity index (χ1n) is 9.00. The minimum atomic E-state index is -0.0567. The van der Waals surface area contributed by atoms with Crippen LogP contribution in [0.25, 0.3) is 0 Å². The Morgan fingerprint density at radius 1 is 1.25 bits per heavy atom. The van der Waals surface area contributed by atoms with Gasteiger partial charge in [0.2, 0.25) is 0 Å². The number of piperidine rings is 1. The Balaban J connectivity index is 1.61. The van der Waals surface area contributed by atoms with Gasteiger partial charge < -0.3 is 24.2 Å². The number of likely N-dealkylation sites (tertiary alicyclic amines) is 1. The lowest BCUT2D eigenvalue weighted by Crippen LogP contribution is -2.48. The van der Waals surface area contributed by atoms with Crippen LogP contribution in [0.2, 0.25) is 0 Å². The van der Waals surface area contributed by atoms with Crippen LogP contribution in [-0.4, -0.2) is 85.2 Å². The van der Waals surface area contributed by atoms with Crippen molar-refractivity contribution >= 4 is 5.91 Å². The Morgan fingerprint density at radius 3 is 2.83 bits per heavy atom. The normalized spacial score (nSPS) is 27.2. The van der Waals surface area contributed by atoms with Crippen molar-refractivity contribution in [3.05, 3.63) is 24.2 Å². The van der Waals surface area contributed by atoms with Gasteiger partial charge in [-0.15, -0.1) is 0 Å². The molecule has 0 saturated carbocycles. The van der Waals surface area contributed by atoms with Gasteiger partial charge in [0.15, 0.2) is 5.76 Å². The van der Waals surface area contributed by atoms with Gasteiger partial charge in [-0.1, -0.05) is 0 Å². The Kier molecular flexibility index (Phi) is 5.92. The molecule has 1 amide bonds. The summed E-state index contributed by atoms with van der Waals surface area (Å²) in [5.74, 6) is 0.915. The fourth-order valence-electron chi connectivity index (χ4n) is 3.95. The summed E-state index contributed by atoms with van der Waals surface area (Å²) in [6.07, 6.45) is 3.72. The predicted octanol–water partition coefficient (Wildman–Crippen LogP) is 0.988. The van der Waals surface area contributed by atoms with E-state index < -0.39 is 0 Å². The van der Waals surface area contributed by atoms with Crippen molar-refractivity contribution in [3.63, 3.8) is 0 Å². The average molecular weight is 335 g/mol. The molecule has 3 heterocycles. The van der Waals surface area contributed by atoms with Crippen LogP contribution in [-0.2, 0) is 0 Å². The smallest absolute Gasteiger partial charge is 0.289 e. The minimum absolute atomic E-state index is 0.0567. The minimum Gasteiger partial charge on any atom is -0.459 e. The lowest BCUT2D eigenvalue weighted by atomic mass is 9.89. The summed E-state index contributed by atoms with van der Waals surface area (Å²) in [6.45, 7) is 6.99. The molecule has 2 atom stereocenters. The molecule has 0 aliphatic carbocycles. The van der Waals surface area contributed by atoms with Crippen LogP contribution in [0.15, 0.2) is 22.8 Å². The van der Waals surface area contributed by atoms with Gasteiger partial charge >= 0.3 is 0 Å². The van der Waals surface area contributed by atoms with Crippen LogP contribution < -0.4 is 0 Å². The molecular formula is C18H29N3O3. The fourth-order valence-corrected chi connectivity index (χ4v) is 3.95.